The molecule has 5 aliphatic carbocycles. The van der Waals surface area contributed by atoms with Crippen LogP contribution in [0.5, 0.6) is 5.75 Å². The Morgan fingerprint density at radius 1 is 0.657 bits per heavy atom. The molecule has 3 aliphatic heterocycles. The van der Waals surface area contributed by atoms with E-state index in [1.165, 1.54) is 169 Å². The summed E-state index contributed by atoms with van der Waals surface area (Å²) in [6.45, 7) is 16.1. The van der Waals surface area contributed by atoms with E-state index in [4.69, 9.17) is 35.9 Å². The SMILES string of the molecule is C1=CC2NN=CC2c2c1nc(-c1csnn1)c1c2CCCC1.C=C/C(=C\C(Cl)=C\F)c1cc(-c2ccc(B(O)O)c(F)c2)nc2ccc3[nH]ncc3c12.C=C/C(=C\C1=CC(C)(C)O[B]1)C1Nc2ccc3[nH]ncc3c2C2=C1CCCC2.COc1c(B(O)O)cccc1-c1nc2ccc3[nH]ncc3c2c2c1CCCC2.Cc1[nH]ncc1-c1nc2c(N(C)CCN(C)C)cc3[nH]ncc3c2c2c1CCCC2.O. The van der Waals surface area contributed by atoms with Gasteiger partial charge < -0.3 is 55.5 Å². The molecule has 3 atom stereocenters. The minimum Gasteiger partial charge on any atom is -0.496 e. The zero-order valence-corrected chi connectivity index (χ0v) is 80.3. The first kappa shape index (κ1) is 95.1. The van der Waals surface area contributed by atoms with Crippen molar-refractivity contribution in [1.29, 1.82) is 0 Å². The maximum absolute atomic E-state index is 14.4. The molecule has 28 nitrogen and oxygen atoms in total. The molecule has 24 rings (SSSR count). The zero-order chi connectivity index (χ0) is 96.0. The van der Waals surface area contributed by atoms with Crippen LogP contribution in [0.15, 0.2) is 204 Å². The number of nitrogens with zero attached hydrogens (tertiary/aromatic N) is 14. The second-order valence-corrected chi connectivity index (χ2v) is 38.2. The van der Waals surface area contributed by atoms with E-state index in [9.17, 15) is 28.9 Å². The molecule has 10 aromatic heterocycles. The number of aryl methyl sites for hydroxylation is 3. The molecule has 0 fully saturated rings. The number of aromatic amines is 5. The average Bonchev–Trinajstić information content (AvgIpc) is 1.32. The highest BCUT2D eigenvalue weighted by Crippen LogP contribution is 2.50. The van der Waals surface area contributed by atoms with Crippen molar-refractivity contribution in [3.8, 4) is 50.9 Å². The summed E-state index contributed by atoms with van der Waals surface area (Å²) in [5, 5.41) is 96.3. The van der Waals surface area contributed by atoms with Crippen LogP contribution in [0.25, 0.3) is 139 Å². The molecular weight excluding hydrogens is 1810 g/mol. The Kier molecular flexibility index (Phi) is 27.6. The van der Waals surface area contributed by atoms with Crippen LogP contribution in [-0.2, 0) is 43.2 Å². The first-order valence-corrected chi connectivity index (χ1v) is 48.4. The number of halogens is 3. The smallest absolute Gasteiger partial charge is 0.492 e. The van der Waals surface area contributed by atoms with E-state index >= 15 is 0 Å². The Balaban J connectivity index is 0.000000112. The van der Waals surface area contributed by atoms with Crippen molar-refractivity contribution in [1.82, 2.24) is 90.8 Å². The maximum Gasteiger partial charge on any atom is 0.492 e. The van der Waals surface area contributed by atoms with Gasteiger partial charge in [-0.05, 0) is 289 Å². The number of para-hydroxylation sites is 1. The average molecular weight is 1910 g/mol. The van der Waals surface area contributed by atoms with E-state index < -0.39 is 20.1 Å². The van der Waals surface area contributed by atoms with E-state index in [1.807, 2.05) is 80.3 Å². The Morgan fingerprint density at radius 2 is 1.29 bits per heavy atom. The third kappa shape index (κ3) is 18.4. The van der Waals surface area contributed by atoms with Crippen molar-refractivity contribution in [2.24, 2.45) is 5.10 Å². The number of hydrogen-bond acceptors (Lipinski definition) is 23. The van der Waals surface area contributed by atoms with Crippen molar-refractivity contribution in [2.75, 3.05) is 51.6 Å². The van der Waals surface area contributed by atoms with Gasteiger partial charge in [-0.3, -0.25) is 25.5 Å². The number of hydrogen-bond donors (Lipinski definition) is 11. The number of anilines is 2. The minimum absolute atomic E-state index is 0. The Labute approximate surface area is 817 Å². The van der Waals surface area contributed by atoms with Crippen molar-refractivity contribution in [3.63, 3.8) is 0 Å². The van der Waals surface area contributed by atoms with E-state index in [2.05, 4.69) is 189 Å². The highest BCUT2D eigenvalue weighted by Gasteiger charge is 2.38. The number of hydrazone groups is 1. The fraction of sp³-hybridized carbons (Fsp3) is 0.276. The van der Waals surface area contributed by atoms with E-state index in [-0.39, 0.29) is 40.0 Å². The summed E-state index contributed by atoms with van der Waals surface area (Å²) in [4.78, 5) is 24.5. The number of H-pyrrole nitrogens is 5. The lowest BCUT2D eigenvalue weighted by Gasteiger charge is -2.36. The molecule has 1 radical (unpaired) electrons. The summed E-state index contributed by atoms with van der Waals surface area (Å²) in [5.41, 5.74) is 38.2. The molecule has 0 saturated carbocycles. The van der Waals surface area contributed by atoms with Gasteiger partial charge in [-0.15, -0.1) is 5.10 Å². The quantitative estimate of drug-likeness (QED) is 0.0298. The van der Waals surface area contributed by atoms with Gasteiger partial charge in [0.15, 0.2) is 0 Å². The first-order valence-electron chi connectivity index (χ1n) is 47.2. The normalized spacial score (nSPS) is 17.1. The van der Waals surface area contributed by atoms with Crippen LogP contribution in [0.2, 0.25) is 0 Å². The van der Waals surface area contributed by atoms with Crippen molar-refractivity contribution in [3.05, 3.63) is 266 Å². The van der Waals surface area contributed by atoms with Crippen LogP contribution in [-0.4, -0.2) is 198 Å². The summed E-state index contributed by atoms with van der Waals surface area (Å²) in [6.07, 6.45) is 43.5. The van der Waals surface area contributed by atoms with Crippen molar-refractivity contribution >= 4 is 167 Å². The fourth-order valence-electron chi connectivity index (χ4n) is 21.2. The van der Waals surface area contributed by atoms with E-state index in [0.29, 0.717) is 45.0 Å². The van der Waals surface area contributed by atoms with Gasteiger partial charge in [0.25, 0.3) is 0 Å². The molecule has 3 unspecified atom stereocenters. The zero-order valence-electron chi connectivity index (χ0n) is 78.8. The maximum atomic E-state index is 14.4. The third-order valence-corrected chi connectivity index (χ3v) is 28.5. The molecule has 0 amide bonds. The van der Waals surface area contributed by atoms with Gasteiger partial charge in [0.2, 0.25) is 0 Å². The Bertz CT molecular complexity index is 7750. The van der Waals surface area contributed by atoms with Gasteiger partial charge in [-0.1, -0.05) is 89.4 Å². The molecule has 0 spiro atoms. The Hall–Kier alpha value is -13.8. The second kappa shape index (κ2) is 40.6. The lowest BCUT2D eigenvalue weighted by molar-refractivity contribution is 0.184. The summed E-state index contributed by atoms with van der Waals surface area (Å²) in [7, 11) is 6.25. The summed E-state index contributed by atoms with van der Waals surface area (Å²) < 4.78 is 42.6. The molecule has 0 saturated heterocycles. The molecule has 16 aromatic rings. The van der Waals surface area contributed by atoms with Gasteiger partial charge in [-0.25, -0.2) is 28.7 Å². The number of benzene rings is 6. The highest BCUT2D eigenvalue weighted by atomic mass is 35.5. The molecule has 709 valence electrons. The monoisotopic (exact) mass is 1910 g/mol. The number of methoxy groups -OCH3 is 1. The topological polar surface area (TPSA) is 395 Å². The number of rotatable bonds is 17. The number of fused-ring (bicyclic) bond motifs is 22. The largest absolute Gasteiger partial charge is 0.496 e. The number of ether oxygens (including phenoxy) is 1. The predicted octanol–water partition coefficient (Wildman–Crippen LogP) is 17.1. The second-order valence-electron chi connectivity index (χ2n) is 37.2. The summed E-state index contributed by atoms with van der Waals surface area (Å²) >= 11 is 7.28. The van der Waals surface area contributed by atoms with Crippen molar-refractivity contribution < 1.29 is 43.7 Å². The van der Waals surface area contributed by atoms with Gasteiger partial charge in [-0.2, -0.15) is 30.6 Å². The molecule has 13 heterocycles. The lowest BCUT2D eigenvalue weighted by atomic mass is 9.76. The van der Waals surface area contributed by atoms with Gasteiger partial charge >= 0.3 is 21.7 Å². The van der Waals surface area contributed by atoms with Crippen LogP contribution < -0.4 is 31.3 Å². The number of aromatic nitrogens is 16. The van der Waals surface area contributed by atoms with Gasteiger partial charge in [0, 0.05) is 120 Å². The van der Waals surface area contributed by atoms with Gasteiger partial charge in [0.1, 0.15) is 23.6 Å². The van der Waals surface area contributed by atoms with E-state index in [1.54, 1.807) is 31.5 Å². The summed E-state index contributed by atoms with van der Waals surface area (Å²) in [6, 6.07) is 25.7. The van der Waals surface area contributed by atoms with Crippen LogP contribution in [0.1, 0.15) is 145 Å². The van der Waals surface area contributed by atoms with E-state index in [0.717, 1.165) is 183 Å². The third-order valence-electron chi connectivity index (χ3n) is 27.8. The molecule has 13 N–H and O–H groups in total. The lowest BCUT2D eigenvalue weighted by Crippen LogP contribution is -2.32. The van der Waals surface area contributed by atoms with Crippen LogP contribution in [0.3, 0.4) is 0 Å². The first-order chi connectivity index (χ1) is 67.6. The summed E-state index contributed by atoms with van der Waals surface area (Å²) in [5.74, 6) is 0.00704. The standard InChI is InChI=1S/C23H25BN3O.C23H29N7.C22H15BClF2N3O2.C21H20BN3O3.C16H15N5S.H2O/c1-4-14(11-15-12-23(2,3)28-24-15)22-17-8-6-5-7-16(17)21-18-13-25-27-19(18)9-10-20(21)26-22;1-14-17(12-24-27-14)22-16-8-6-5-7-15(16)21-18-13-25-28-19(18)11-20(23(21)26-22)30(4)10-9-29(2)3;1-2-12(7-14(24)10-25)15-9-21(13-3-4-17(23(30)31)18(26)8-13)28-20-6-5-19-16(22(15)20)11-27-29-19;1-28-21-14(7-4-8-16(21)22(26)27)20-13-6-3-2-5-12(13)19-15-11-23-25-17(15)9-10-18(19)24-20;1-2-4-10-9(3-1)15-11-7-17-19-12(11)5-6-13(15)18-16(10)14-8-22-21-20-14;/h4,9-13,22,26H,1,5-8H2,2-3H3,(H,25,27);11-13H,5-10H2,1-4H3,(H,24,27)(H,25,28);2-11,30-31H,1H2,(H,27,29);4,7-11,26-27H,2-3,5-6H2,1H3,(H,23,25);5-8,11-12,19H,1-4H2;1H2/b14-11+;;12-7+,14-10-;;;. The van der Waals surface area contributed by atoms with Crippen LogP contribution in [0, 0.1) is 12.7 Å². The Morgan fingerprint density at radius 3 is 1.93 bits per heavy atom. The molecule has 6 aromatic carbocycles. The number of pyridine rings is 4. The van der Waals surface area contributed by atoms with Crippen molar-refractivity contribution in [2.45, 2.75) is 147 Å². The molecule has 35 heteroatoms. The van der Waals surface area contributed by atoms with Gasteiger partial charge in [0.05, 0.1) is 134 Å². The van der Waals surface area contributed by atoms with Crippen LogP contribution in [0.4, 0.5) is 20.2 Å². The number of likely N-dealkylation sites (N-methyl/N-ethyl adjacent to an activating group) is 2. The molecule has 8 aliphatic rings. The minimum atomic E-state index is -1.92. The molecule has 140 heavy (non-hydrogen) atoms. The number of allylic oxidation sites excluding steroid dienone is 7. The number of nitrogens with one attached hydrogen (secondary N) is 7. The predicted molar refractivity (Wildman–Crippen MR) is 559 cm³/mol. The molecule has 0 bridgehead atoms. The highest BCUT2D eigenvalue weighted by molar-refractivity contribution is 7.03. The fourth-order valence-corrected chi connectivity index (χ4v) is 21.7. The molecular formula is C105H106B3ClF2N21O7S. The van der Waals surface area contributed by atoms with Crippen LogP contribution >= 0.6 is 23.1 Å².